The molecule has 1 aromatic carbocycles. The van der Waals surface area contributed by atoms with Gasteiger partial charge in [-0.2, -0.15) is 13.2 Å². The van der Waals surface area contributed by atoms with E-state index in [-0.39, 0.29) is 17.5 Å². The highest BCUT2D eigenvalue weighted by Gasteiger charge is 2.31. The van der Waals surface area contributed by atoms with Crippen LogP contribution in [0.25, 0.3) is 0 Å². The summed E-state index contributed by atoms with van der Waals surface area (Å²) in [6.07, 6.45) is -2.84. The van der Waals surface area contributed by atoms with Gasteiger partial charge in [-0.15, -0.1) is 0 Å². The number of hydrogen-bond acceptors (Lipinski definition) is 5. The topological polar surface area (TPSA) is 77.5 Å². The van der Waals surface area contributed by atoms with E-state index in [1.54, 1.807) is 30.3 Å². The maximum atomic E-state index is 12.5. The molecule has 148 valence electrons. The zero-order valence-electron chi connectivity index (χ0n) is 14.6. The third-order valence-corrected chi connectivity index (χ3v) is 3.84. The Morgan fingerprint density at radius 2 is 1.86 bits per heavy atom. The minimum Gasteiger partial charge on any atom is -0.468 e. The van der Waals surface area contributed by atoms with Crippen LogP contribution in [0.4, 0.5) is 13.2 Å². The van der Waals surface area contributed by atoms with Crippen molar-refractivity contribution in [1.29, 1.82) is 0 Å². The second-order valence-corrected chi connectivity index (χ2v) is 6.27. The highest BCUT2D eigenvalue weighted by Crippen LogP contribution is 2.24. The van der Waals surface area contributed by atoms with Gasteiger partial charge in [-0.3, -0.25) is 4.79 Å². The molecule has 1 aliphatic carbocycles. The van der Waals surface area contributed by atoms with Crippen LogP contribution in [0.15, 0.2) is 48.7 Å². The van der Waals surface area contributed by atoms with Gasteiger partial charge in [0.05, 0.1) is 5.56 Å². The van der Waals surface area contributed by atoms with Crippen molar-refractivity contribution < 1.29 is 32.2 Å². The molecule has 0 radical (unpaired) electrons. The lowest BCUT2D eigenvalue weighted by Crippen LogP contribution is -2.33. The Hall–Kier alpha value is -3.10. The zero-order chi connectivity index (χ0) is 20.1. The molecule has 6 nitrogen and oxygen atoms in total. The summed E-state index contributed by atoms with van der Waals surface area (Å²) in [5.74, 6) is -1.53. The summed E-state index contributed by atoms with van der Waals surface area (Å²) < 4.78 is 46.3. The van der Waals surface area contributed by atoms with E-state index in [1.807, 2.05) is 0 Å². The van der Waals surface area contributed by atoms with E-state index < -0.39 is 30.8 Å². The summed E-state index contributed by atoms with van der Waals surface area (Å²) in [6, 6.07) is 11.0. The van der Waals surface area contributed by atoms with Crippen LogP contribution in [0.2, 0.25) is 0 Å². The molecule has 1 amide bonds. The summed E-state index contributed by atoms with van der Waals surface area (Å²) in [5.41, 5.74) is 0.492. The van der Waals surface area contributed by atoms with Crippen molar-refractivity contribution in [2.75, 3.05) is 6.61 Å². The van der Waals surface area contributed by atoms with Crippen LogP contribution in [-0.4, -0.2) is 35.7 Å². The van der Waals surface area contributed by atoms with Gasteiger partial charge < -0.3 is 14.8 Å². The second-order valence-electron chi connectivity index (χ2n) is 6.27. The van der Waals surface area contributed by atoms with E-state index in [2.05, 4.69) is 15.0 Å². The predicted molar refractivity (Wildman–Crippen MR) is 91.6 cm³/mol. The number of benzene rings is 1. The molecule has 1 aromatic heterocycles. The van der Waals surface area contributed by atoms with Gasteiger partial charge in [0, 0.05) is 23.9 Å². The van der Waals surface area contributed by atoms with E-state index in [9.17, 15) is 22.8 Å². The summed E-state index contributed by atoms with van der Waals surface area (Å²) in [4.78, 5) is 28.5. The van der Waals surface area contributed by atoms with Crippen LogP contribution in [0, 0.1) is 0 Å². The lowest BCUT2D eigenvalue weighted by molar-refractivity contribution is -0.154. The molecule has 2 aromatic rings. The maximum absolute atomic E-state index is 12.5. The third kappa shape index (κ3) is 5.70. The summed E-state index contributed by atoms with van der Waals surface area (Å²) >= 11 is 0. The van der Waals surface area contributed by atoms with Crippen LogP contribution in [0.1, 0.15) is 34.9 Å². The smallest absolute Gasteiger partial charge is 0.422 e. The average molecular weight is 394 g/mol. The highest BCUT2D eigenvalue weighted by molar-refractivity contribution is 5.92. The Balaban J connectivity index is 1.68. The van der Waals surface area contributed by atoms with Crippen LogP contribution in [-0.2, 0) is 9.53 Å². The first-order valence-electron chi connectivity index (χ1n) is 8.54. The Morgan fingerprint density at radius 3 is 2.43 bits per heavy atom. The molecule has 0 unspecified atom stereocenters. The molecular weight excluding hydrogens is 377 g/mol. The van der Waals surface area contributed by atoms with Crippen molar-refractivity contribution in [3.63, 3.8) is 0 Å². The number of alkyl halides is 3. The van der Waals surface area contributed by atoms with Gasteiger partial charge in [-0.1, -0.05) is 30.3 Å². The summed E-state index contributed by atoms with van der Waals surface area (Å²) in [6.45, 7) is -1.48. The van der Waals surface area contributed by atoms with E-state index >= 15 is 0 Å². The highest BCUT2D eigenvalue weighted by atomic mass is 19.4. The first-order valence-corrected chi connectivity index (χ1v) is 8.54. The first-order chi connectivity index (χ1) is 13.3. The Bertz CT molecular complexity index is 821. The molecule has 1 atom stereocenters. The first kappa shape index (κ1) is 19.7. The number of pyridine rings is 1. The standard InChI is InChI=1S/C19H17F3N2O4/c20-19(21,22)11-27-15-9-6-13(10-23-15)18(26)28-16(12-4-2-1-3-5-12)17(25)24-14-7-8-14/h1-6,9-10,14,16H,7-8,11H2,(H,24,25)/t16-/m0/s1. The number of esters is 1. The van der Waals surface area contributed by atoms with Gasteiger partial charge in [0.25, 0.3) is 5.91 Å². The number of hydrogen-bond donors (Lipinski definition) is 1. The van der Waals surface area contributed by atoms with Gasteiger partial charge >= 0.3 is 12.1 Å². The van der Waals surface area contributed by atoms with E-state index in [1.165, 1.54) is 6.07 Å². The summed E-state index contributed by atoms with van der Waals surface area (Å²) in [7, 11) is 0. The SMILES string of the molecule is O=C(O[C@H](C(=O)NC1CC1)c1ccccc1)c1ccc(OCC(F)(F)F)nc1. The van der Waals surface area contributed by atoms with Gasteiger partial charge in [-0.05, 0) is 18.9 Å². The van der Waals surface area contributed by atoms with Crippen molar-refractivity contribution in [1.82, 2.24) is 10.3 Å². The van der Waals surface area contributed by atoms with Crippen LogP contribution in [0.3, 0.4) is 0 Å². The molecule has 1 saturated carbocycles. The van der Waals surface area contributed by atoms with Crippen molar-refractivity contribution in [2.24, 2.45) is 0 Å². The second kappa shape index (κ2) is 8.28. The van der Waals surface area contributed by atoms with E-state index in [4.69, 9.17) is 4.74 Å². The van der Waals surface area contributed by atoms with Crippen LogP contribution in [0.5, 0.6) is 5.88 Å². The number of nitrogens with zero attached hydrogens (tertiary/aromatic N) is 1. The van der Waals surface area contributed by atoms with Crippen LogP contribution >= 0.6 is 0 Å². The molecule has 1 aliphatic rings. The van der Waals surface area contributed by atoms with Gasteiger partial charge in [-0.25, -0.2) is 9.78 Å². The molecule has 0 bridgehead atoms. The monoisotopic (exact) mass is 394 g/mol. The number of aromatic nitrogens is 1. The fourth-order valence-corrected chi connectivity index (χ4v) is 2.32. The molecule has 1 N–H and O–H groups in total. The fraction of sp³-hybridized carbons (Fsp3) is 0.316. The molecule has 9 heteroatoms. The molecular formula is C19H17F3N2O4. The van der Waals surface area contributed by atoms with E-state index in [0.29, 0.717) is 5.56 Å². The number of carbonyl (C=O) groups excluding carboxylic acids is 2. The molecule has 1 fully saturated rings. The molecule has 0 aliphatic heterocycles. The number of nitrogens with one attached hydrogen (secondary N) is 1. The molecule has 28 heavy (non-hydrogen) atoms. The maximum Gasteiger partial charge on any atom is 0.422 e. The third-order valence-electron chi connectivity index (χ3n) is 3.84. The Kier molecular flexibility index (Phi) is 5.81. The van der Waals surface area contributed by atoms with Gasteiger partial charge in [0.1, 0.15) is 0 Å². The van der Waals surface area contributed by atoms with Crippen LogP contribution < -0.4 is 10.1 Å². The lowest BCUT2D eigenvalue weighted by Gasteiger charge is -2.18. The minimum absolute atomic E-state index is 0.0143. The number of rotatable bonds is 7. The van der Waals surface area contributed by atoms with E-state index in [0.717, 1.165) is 25.1 Å². The van der Waals surface area contributed by atoms with Gasteiger partial charge in [0.15, 0.2) is 6.61 Å². The Labute approximate surface area is 158 Å². The van der Waals surface area contributed by atoms with Crippen molar-refractivity contribution >= 4 is 11.9 Å². The quantitative estimate of drug-likeness (QED) is 0.730. The van der Waals surface area contributed by atoms with Crippen molar-refractivity contribution in [3.05, 3.63) is 59.8 Å². The Morgan fingerprint density at radius 1 is 1.14 bits per heavy atom. The zero-order valence-corrected chi connectivity index (χ0v) is 14.6. The minimum atomic E-state index is -4.49. The number of ether oxygens (including phenoxy) is 2. The molecule has 0 saturated heterocycles. The molecule has 1 heterocycles. The molecule has 0 spiro atoms. The number of carbonyl (C=O) groups is 2. The fourth-order valence-electron chi connectivity index (χ4n) is 2.32. The normalized spacial score (nSPS) is 14.8. The predicted octanol–water partition coefficient (Wildman–Crippen LogP) is 3.20. The molecule has 3 rings (SSSR count). The van der Waals surface area contributed by atoms with Crippen molar-refractivity contribution in [2.45, 2.75) is 31.2 Å². The largest absolute Gasteiger partial charge is 0.468 e. The number of amides is 1. The average Bonchev–Trinajstić information content (AvgIpc) is 3.48. The number of halogens is 3. The summed E-state index contributed by atoms with van der Waals surface area (Å²) in [5, 5.41) is 2.79. The van der Waals surface area contributed by atoms with Gasteiger partial charge in [0.2, 0.25) is 12.0 Å². The van der Waals surface area contributed by atoms with Crippen molar-refractivity contribution in [3.8, 4) is 5.88 Å². The lowest BCUT2D eigenvalue weighted by atomic mass is 10.1.